The van der Waals surface area contributed by atoms with Gasteiger partial charge < -0.3 is 14.6 Å². The molecule has 0 saturated carbocycles. The molecule has 0 aliphatic carbocycles. The van der Waals surface area contributed by atoms with Crippen LogP contribution in [0.25, 0.3) is 11.1 Å². The van der Waals surface area contributed by atoms with Gasteiger partial charge in [0.1, 0.15) is 5.52 Å². The van der Waals surface area contributed by atoms with Crippen LogP contribution in [-0.2, 0) is 0 Å². The molecule has 3 rings (SSSR count). The van der Waals surface area contributed by atoms with Gasteiger partial charge in [-0.15, -0.1) is 0 Å². The highest BCUT2D eigenvalue weighted by Crippen LogP contribution is 2.15. The summed E-state index contributed by atoms with van der Waals surface area (Å²) in [5, 5.41) is 3.04. The Hall–Kier alpha value is -1.88. The molecule has 94 valence electrons. The Balaban J connectivity index is 1.75. The van der Waals surface area contributed by atoms with Crippen molar-refractivity contribution in [3.63, 3.8) is 0 Å². The lowest BCUT2D eigenvalue weighted by molar-refractivity contribution is 0.0938. The molecule has 5 nitrogen and oxygen atoms in total. The number of amides is 1. The van der Waals surface area contributed by atoms with Crippen molar-refractivity contribution >= 4 is 17.0 Å². The van der Waals surface area contributed by atoms with Crippen LogP contribution in [0.5, 0.6) is 0 Å². The Bertz CT molecular complexity index is 578. The number of hydrogen-bond donors (Lipinski definition) is 1. The molecule has 2 heterocycles. The number of likely N-dealkylation sites (N-methyl/N-ethyl adjacent to an activating group) is 1. The van der Waals surface area contributed by atoms with E-state index < -0.39 is 0 Å². The van der Waals surface area contributed by atoms with Crippen LogP contribution in [0.2, 0.25) is 0 Å². The largest absolute Gasteiger partial charge is 0.443 e. The first kappa shape index (κ1) is 11.2. The number of carbonyl (C=O) groups excluding carboxylic acids is 1. The van der Waals surface area contributed by atoms with Gasteiger partial charge in [-0.25, -0.2) is 4.98 Å². The second-order valence-electron chi connectivity index (χ2n) is 4.76. The molecule has 1 aromatic carbocycles. The SMILES string of the molecule is CN1CCC(NC(=O)c2ccc3ocnc3c2)C1. The van der Waals surface area contributed by atoms with Crippen molar-refractivity contribution in [1.82, 2.24) is 15.2 Å². The molecule has 1 aromatic heterocycles. The number of oxazole rings is 1. The van der Waals surface area contributed by atoms with E-state index in [4.69, 9.17) is 4.42 Å². The van der Waals surface area contributed by atoms with E-state index in [1.807, 2.05) is 0 Å². The van der Waals surface area contributed by atoms with E-state index in [0.29, 0.717) is 16.7 Å². The molecular formula is C13H15N3O2. The van der Waals surface area contributed by atoms with Crippen molar-refractivity contribution in [2.75, 3.05) is 20.1 Å². The van der Waals surface area contributed by atoms with E-state index in [0.717, 1.165) is 19.5 Å². The number of rotatable bonds is 2. The number of nitrogens with zero attached hydrogens (tertiary/aromatic N) is 2. The van der Waals surface area contributed by atoms with Crippen LogP contribution in [0.3, 0.4) is 0 Å². The van der Waals surface area contributed by atoms with Gasteiger partial charge in [-0.2, -0.15) is 0 Å². The average Bonchev–Trinajstić information content (AvgIpc) is 2.96. The fourth-order valence-corrected chi connectivity index (χ4v) is 2.32. The highest BCUT2D eigenvalue weighted by atomic mass is 16.3. The second-order valence-corrected chi connectivity index (χ2v) is 4.76. The minimum Gasteiger partial charge on any atom is -0.443 e. The van der Waals surface area contributed by atoms with E-state index in [1.54, 1.807) is 18.2 Å². The molecule has 0 radical (unpaired) electrons. The summed E-state index contributed by atoms with van der Waals surface area (Å²) in [5.74, 6) is -0.0415. The molecule has 0 spiro atoms. The summed E-state index contributed by atoms with van der Waals surface area (Å²) >= 11 is 0. The standard InChI is InChI=1S/C13H15N3O2/c1-16-5-4-10(7-16)15-13(17)9-2-3-12-11(6-9)14-8-18-12/h2-3,6,8,10H,4-5,7H2,1H3,(H,15,17). The fourth-order valence-electron chi connectivity index (χ4n) is 2.32. The molecule has 2 aromatic rings. The van der Waals surface area contributed by atoms with Crippen molar-refractivity contribution in [3.8, 4) is 0 Å². The summed E-state index contributed by atoms with van der Waals surface area (Å²) in [6, 6.07) is 5.54. The molecule has 1 saturated heterocycles. The minimum atomic E-state index is -0.0415. The highest BCUT2D eigenvalue weighted by Gasteiger charge is 2.21. The van der Waals surface area contributed by atoms with Crippen molar-refractivity contribution in [2.24, 2.45) is 0 Å². The molecule has 1 N–H and O–H groups in total. The number of nitrogens with one attached hydrogen (secondary N) is 1. The van der Waals surface area contributed by atoms with E-state index in [2.05, 4.69) is 22.2 Å². The summed E-state index contributed by atoms with van der Waals surface area (Å²) in [6.45, 7) is 1.95. The van der Waals surface area contributed by atoms with Crippen LogP contribution in [0.1, 0.15) is 16.8 Å². The molecule has 5 heteroatoms. The Morgan fingerprint density at radius 2 is 2.44 bits per heavy atom. The molecule has 1 aliphatic heterocycles. The van der Waals surface area contributed by atoms with Crippen LogP contribution >= 0.6 is 0 Å². The lowest BCUT2D eigenvalue weighted by Crippen LogP contribution is -2.36. The van der Waals surface area contributed by atoms with Crippen LogP contribution in [0, 0.1) is 0 Å². The number of likely N-dealkylation sites (tertiary alicyclic amines) is 1. The van der Waals surface area contributed by atoms with E-state index in [9.17, 15) is 4.79 Å². The fraction of sp³-hybridized carbons (Fsp3) is 0.385. The normalized spacial score (nSPS) is 20.4. The van der Waals surface area contributed by atoms with Crippen molar-refractivity contribution in [3.05, 3.63) is 30.2 Å². The number of aromatic nitrogens is 1. The van der Waals surface area contributed by atoms with Crippen LogP contribution in [0.15, 0.2) is 29.0 Å². The average molecular weight is 245 g/mol. The van der Waals surface area contributed by atoms with Gasteiger partial charge in [0.05, 0.1) is 0 Å². The smallest absolute Gasteiger partial charge is 0.251 e. The molecule has 18 heavy (non-hydrogen) atoms. The summed E-state index contributed by atoms with van der Waals surface area (Å²) < 4.78 is 5.15. The quantitative estimate of drug-likeness (QED) is 0.865. The Morgan fingerprint density at radius 3 is 3.22 bits per heavy atom. The van der Waals surface area contributed by atoms with Crippen molar-refractivity contribution in [1.29, 1.82) is 0 Å². The molecule has 0 bridgehead atoms. The van der Waals surface area contributed by atoms with Crippen LogP contribution in [0.4, 0.5) is 0 Å². The third-order valence-electron chi connectivity index (χ3n) is 3.32. The monoisotopic (exact) mass is 245 g/mol. The van der Waals surface area contributed by atoms with Gasteiger partial charge in [0, 0.05) is 18.2 Å². The van der Waals surface area contributed by atoms with Gasteiger partial charge in [-0.05, 0) is 38.2 Å². The Kier molecular flexibility index (Phi) is 2.76. The zero-order chi connectivity index (χ0) is 12.5. The van der Waals surface area contributed by atoms with Gasteiger partial charge in [0.15, 0.2) is 12.0 Å². The number of fused-ring (bicyclic) bond motifs is 1. The number of hydrogen-bond acceptors (Lipinski definition) is 4. The summed E-state index contributed by atoms with van der Waals surface area (Å²) in [6.07, 6.45) is 2.40. The van der Waals surface area contributed by atoms with E-state index in [1.165, 1.54) is 6.39 Å². The first-order valence-corrected chi connectivity index (χ1v) is 6.05. The van der Waals surface area contributed by atoms with E-state index in [-0.39, 0.29) is 11.9 Å². The van der Waals surface area contributed by atoms with Crippen LogP contribution in [-0.4, -0.2) is 42.0 Å². The summed E-state index contributed by atoms with van der Waals surface area (Å²) in [7, 11) is 2.06. The number of benzene rings is 1. The first-order valence-electron chi connectivity index (χ1n) is 6.05. The van der Waals surface area contributed by atoms with Gasteiger partial charge in [0.25, 0.3) is 5.91 Å². The maximum absolute atomic E-state index is 12.1. The number of carbonyl (C=O) groups is 1. The van der Waals surface area contributed by atoms with E-state index >= 15 is 0 Å². The molecule has 1 amide bonds. The maximum atomic E-state index is 12.1. The zero-order valence-corrected chi connectivity index (χ0v) is 10.2. The zero-order valence-electron chi connectivity index (χ0n) is 10.2. The van der Waals surface area contributed by atoms with Crippen molar-refractivity contribution in [2.45, 2.75) is 12.5 Å². The Morgan fingerprint density at radius 1 is 1.56 bits per heavy atom. The summed E-state index contributed by atoms with van der Waals surface area (Å²) in [4.78, 5) is 18.3. The molecule has 1 unspecified atom stereocenters. The van der Waals surface area contributed by atoms with Gasteiger partial charge in [-0.1, -0.05) is 0 Å². The van der Waals surface area contributed by atoms with Gasteiger partial charge in [0.2, 0.25) is 0 Å². The third kappa shape index (κ3) is 2.09. The first-order chi connectivity index (χ1) is 8.72. The van der Waals surface area contributed by atoms with Gasteiger partial charge in [-0.3, -0.25) is 4.79 Å². The third-order valence-corrected chi connectivity index (χ3v) is 3.32. The predicted molar refractivity (Wildman–Crippen MR) is 67.4 cm³/mol. The van der Waals surface area contributed by atoms with Crippen molar-refractivity contribution < 1.29 is 9.21 Å². The van der Waals surface area contributed by atoms with Gasteiger partial charge >= 0.3 is 0 Å². The maximum Gasteiger partial charge on any atom is 0.251 e. The predicted octanol–water partition coefficient (Wildman–Crippen LogP) is 1.26. The lowest BCUT2D eigenvalue weighted by Gasteiger charge is -2.12. The Labute approximate surface area is 105 Å². The minimum absolute atomic E-state index is 0.0415. The highest BCUT2D eigenvalue weighted by molar-refractivity contribution is 5.97. The lowest BCUT2D eigenvalue weighted by atomic mass is 10.1. The second kappa shape index (κ2) is 4.42. The molecule has 1 fully saturated rings. The summed E-state index contributed by atoms with van der Waals surface area (Å²) in [5.41, 5.74) is 2.05. The molecule has 1 atom stereocenters. The van der Waals surface area contributed by atoms with Crippen LogP contribution < -0.4 is 5.32 Å². The molecule has 1 aliphatic rings. The topological polar surface area (TPSA) is 58.4 Å². The molecular weight excluding hydrogens is 230 g/mol.